The summed E-state index contributed by atoms with van der Waals surface area (Å²) in [4.78, 5) is 6.65. The number of hydrogen-bond donors (Lipinski definition) is 1. The second-order valence-corrected chi connectivity index (χ2v) is 3.13. The van der Waals surface area contributed by atoms with Crippen LogP contribution in [-0.4, -0.2) is 43.5 Å². The van der Waals surface area contributed by atoms with E-state index in [-0.39, 0.29) is 0 Å². The quantitative estimate of drug-likeness (QED) is 0.361. The van der Waals surface area contributed by atoms with Gasteiger partial charge in [-0.05, 0) is 33.0 Å². The molecule has 0 saturated carbocycles. The minimum absolute atomic E-state index is 0.471. The lowest BCUT2D eigenvalue weighted by Crippen LogP contribution is -2.32. The van der Waals surface area contributed by atoms with Crippen molar-refractivity contribution in [1.29, 1.82) is 0 Å². The third kappa shape index (κ3) is 3.00. The van der Waals surface area contributed by atoms with Crippen molar-refractivity contribution in [1.82, 2.24) is 4.90 Å². The molecule has 0 aromatic carbocycles. The van der Waals surface area contributed by atoms with Crippen molar-refractivity contribution < 1.29 is 0 Å². The van der Waals surface area contributed by atoms with Gasteiger partial charge in [-0.2, -0.15) is 5.10 Å². The van der Waals surface area contributed by atoms with Crippen molar-refractivity contribution in [3.8, 4) is 0 Å². The van der Waals surface area contributed by atoms with Crippen LogP contribution in [-0.2, 0) is 0 Å². The summed E-state index contributed by atoms with van der Waals surface area (Å²) in [5.74, 6) is 4.94. The van der Waals surface area contributed by atoms with Gasteiger partial charge in [0.05, 0.1) is 12.3 Å². The highest BCUT2D eigenvalue weighted by Gasteiger charge is 2.14. The van der Waals surface area contributed by atoms with Crippen molar-refractivity contribution in [3.63, 3.8) is 0 Å². The highest BCUT2D eigenvalue weighted by Crippen LogP contribution is 2.10. The molecule has 0 aromatic heterocycles. The number of piperidine rings is 1. The van der Waals surface area contributed by atoms with Crippen LogP contribution in [0.2, 0.25) is 0 Å². The van der Waals surface area contributed by atoms with Gasteiger partial charge in [-0.1, -0.05) is 0 Å². The molecule has 0 spiro atoms. The Morgan fingerprint density at radius 3 is 2.58 bits per heavy atom. The van der Waals surface area contributed by atoms with Crippen molar-refractivity contribution in [2.45, 2.75) is 18.9 Å². The first kappa shape index (κ1) is 9.19. The van der Waals surface area contributed by atoms with Gasteiger partial charge >= 0.3 is 0 Å². The van der Waals surface area contributed by atoms with Crippen LogP contribution in [0.1, 0.15) is 12.8 Å². The molecule has 2 N–H and O–H groups in total. The van der Waals surface area contributed by atoms with Crippen LogP contribution < -0.4 is 5.84 Å². The van der Waals surface area contributed by atoms with Gasteiger partial charge in [0.25, 0.3) is 0 Å². The Morgan fingerprint density at radius 2 is 2.00 bits per heavy atom. The standard InChI is InChI=1S/C8H16N4/c1-12-6-2-8(3-7-12)10-4-5-11-9/h4-5,8H,2-3,6-7,9H2,1H3. The molecule has 1 aliphatic rings. The van der Waals surface area contributed by atoms with Crippen molar-refractivity contribution in [3.05, 3.63) is 0 Å². The Morgan fingerprint density at radius 1 is 1.33 bits per heavy atom. The highest BCUT2D eigenvalue weighted by atomic mass is 15.1. The zero-order chi connectivity index (χ0) is 8.81. The fourth-order valence-corrected chi connectivity index (χ4v) is 1.34. The molecule has 0 bridgehead atoms. The van der Waals surface area contributed by atoms with E-state index in [0.29, 0.717) is 6.04 Å². The van der Waals surface area contributed by atoms with Gasteiger partial charge in [-0.15, -0.1) is 0 Å². The second-order valence-electron chi connectivity index (χ2n) is 3.13. The molecule has 12 heavy (non-hydrogen) atoms. The summed E-state index contributed by atoms with van der Waals surface area (Å²) in [6.07, 6.45) is 5.51. The summed E-state index contributed by atoms with van der Waals surface area (Å²) in [7, 11) is 2.14. The maximum atomic E-state index is 4.94. The predicted octanol–water partition coefficient (Wildman–Crippen LogP) is 0.0959. The van der Waals surface area contributed by atoms with E-state index < -0.39 is 0 Å². The molecule has 1 aliphatic heterocycles. The third-order valence-corrected chi connectivity index (χ3v) is 2.14. The summed E-state index contributed by atoms with van der Waals surface area (Å²) >= 11 is 0. The summed E-state index contributed by atoms with van der Waals surface area (Å²) in [5.41, 5.74) is 0. The van der Waals surface area contributed by atoms with Gasteiger partial charge in [0.2, 0.25) is 0 Å². The maximum absolute atomic E-state index is 4.94. The third-order valence-electron chi connectivity index (χ3n) is 2.14. The van der Waals surface area contributed by atoms with Crippen LogP contribution in [0.3, 0.4) is 0 Å². The Labute approximate surface area is 73.1 Å². The van der Waals surface area contributed by atoms with Crippen LogP contribution >= 0.6 is 0 Å². The first-order chi connectivity index (χ1) is 5.83. The molecule has 0 atom stereocenters. The van der Waals surface area contributed by atoms with Gasteiger partial charge in [0, 0.05) is 6.21 Å². The zero-order valence-electron chi connectivity index (χ0n) is 7.48. The summed E-state index contributed by atoms with van der Waals surface area (Å²) in [6.45, 7) is 2.28. The van der Waals surface area contributed by atoms with Crippen molar-refractivity contribution in [2.75, 3.05) is 20.1 Å². The van der Waals surface area contributed by atoms with Crippen LogP contribution in [0.4, 0.5) is 0 Å². The smallest absolute Gasteiger partial charge is 0.0644 e. The summed E-state index contributed by atoms with van der Waals surface area (Å²) < 4.78 is 0. The Balaban J connectivity index is 2.25. The van der Waals surface area contributed by atoms with Gasteiger partial charge < -0.3 is 10.7 Å². The molecule has 0 unspecified atom stereocenters. The first-order valence-electron chi connectivity index (χ1n) is 4.26. The van der Waals surface area contributed by atoms with E-state index in [1.165, 1.54) is 6.21 Å². The fourth-order valence-electron chi connectivity index (χ4n) is 1.34. The molecule has 1 fully saturated rings. The molecule has 0 aromatic rings. The number of nitrogens with two attached hydrogens (primary N) is 1. The van der Waals surface area contributed by atoms with Gasteiger partial charge in [-0.3, -0.25) is 4.99 Å². The normalized spacial score (nSPS) is 22.8. The van der Waals surface area contributed by atoms with Crippen LogP contribution in [0.25, 0.3) is 0 Å². The Kier molecular flexibility index (Phi) is 3.73. The molecule has 68 valence electrons. The zero-order valence-corrected chi connectivity index (χ0v) is 7.48. The van der Waals surface area contributed by atoms with Gasteiger partial charge in [0.1, 0.15) is 0 Å². The van der Waals surface area contributed by atoms with E-state index in [1.54, 1.807) is 6.21 Å². The van der Waals surface area contributed by atoms with Gasteiger partial charge in [-0.25, -0.2) is 0 Å². The van der Waals surface area contributed by atoms with Gasteiger partial charge in [0.15, 0.2) is 0 Å². The van der Waals surface area contributed by atoms with E-state index >= 15 is 0 Å². The summed E-state index contributed by atoms with van der Waals surface area (Å²) in [5, 5.41) is 3.35. The largest absolute Gasteiger partial charge is 0.323 e. The monoisotopic (exact) mass is 168 g/mol. The molecule has 1 saturated heterocycles. The molecule has 1 heterocycles. The van der Waals surface area contributed by atoms with Crippen molar-refractivity contribution >= 4 is 12.4 Å². The average Bonchev–Trinajstić information content (AvgIpc) is 2.09. The fraction of sp³-hybridized carbons (Fsp3) is 0.750. The molecule has 0 amide bonds. The van der Waals surface area contributed by atoms with Crippen LogP contribution in [0.5, 0.6) is 0 Å². The van der Waals surface area contributed by atoms with E-state index in [4.69, 9.17) is 5.84 Å². The van der Waals surface area contributed by atoms with E-state index in [0.717, 1.165) is 25.9 Å². The molecular weight excluding hydrogens is 152 g/mol. The average molecular weight is 168 g/mol. The molecule has 4 nitrogen and oxygen atoms in total. The number of hydrogen-bond acceptors (Lipinski definition) is 4. The van der Waals surface area contributed by atoms with E-state index in [1.807, 2.05) is 0 Å². The molecular formula is C8H16N4. The minimum atomic E-state index is 0.471. The SMILES string of the molecule is CN1CCC(N=CC=NN)CC1. The van der Waals surface area contributed by atoms with E-state index in [2.05, 4.69) is 22.0 Å². The van der Waals surface area contributed by atoms with Crippen LogP contribution in [0, 0.1) is 0 Å². The summed E-state index contributed by atoms with van der Waals surface area (Å²) in [6, 6.07) is 0.471. The molecule has 0 aliphatic carbocycles. The Bertz CT molecular complexity index is 168. The van der Waals surface area contributed by atoms with E-state index in [9.17, 15) is 0 Å². The number of hydrazone groups is 1. The Hall–Kier alpha value is -0.900. The molecule has 0 radical (unpaired) electrons. The lowest BCUT2D eigenvalue weighted by molar-refractivity contribution is 0.257. The predicted molar refractivity (Wildman–Crippen MR) is 51.7 cm³/mol. The number of likely N-dealkylation sites (tertiary alicyclic amines) is 1. The lowest BCUT2D eigenvalue weighted by atomic mass is 10.1. The topological polar surface area (TPSA) is 54.0 Å². The molecule has 4 heteroatoms. The maximum Gasteiger partial charge on any atom is 0.0644 e. The number of aliphatic imine (C=N–C) groups is 1. The van der Waals surface area contributed by atoms with Crippen LogP contribution in [0.15, 0.2) is 10.1 Å². The first-order valence-corrected chi connectivity index (χ1v) is 4.26. The highest BCUT2D eigenvalue weighted by molar-refractivity contribution is 6.15. The van der Waals surface area contributed by atoms with Crippen molar-refractivity contribution in [2.24, 2.45) is 15.9 Å². The number of nitrogens with zero attached hydrogens (tertiary/aromatic N) is 3. The lowest BCUT2D eigenvalue weighted by Gasteiger charge is -2.26. The minimum Gasteiger partial charge on any atom is -0.323 e. The molecule has 1 rings (SSSR count). The number of rotatable bonds is 2. The second kappa shape index (κ2) is 4.87.